The highest BCUT2D eigenvalue weighted by atomic mass is 32.2. The van der Waals surface area contributed by atoms with Gasteiger partial charge in [-0.3, -0.25) is 9.59 Å². The van der Waals surface area contributed by atoms with E-state index in [9.17, 15) is 18.0 Å². The molecule has 1 saturated heterocycles. The molecule has 3 rings (SSSR count). The summed E-state index contributed by atoms with van der Waals surface area (Å²) >= 11 is 0. The molecule has 1 aliphatic carbocycles. The number of hydrogen-bond acceptors (Lipinski definition) is 6. The van der Waals surface area contributed by atoms with Crippen LogP contribution in [-0.2, 0) is 24.3 Å². The van der Waals surface area contributed by atoms with Gasteiger partial charge in [0.05, 0.1) is 24.0 Å². The third kappa shape index (κ3) is 4.08. The van der Waals surface area contributed by atoms with Gasteiger partial charge >= 0.3 is 5.97 Å². The van der Waals surface area contributed by atoms with Crippen LogP contribution in [0.2, 0.25) is 0 Å². The molecule has 0 spiro atoms. The summed E-state index contributed by atoms with van der Waals surface area (Å²) < 4.78 is 36.6. The van der Waals surface area contributed by atoms with Gasteiger partial charge in [0.25, 0.3) is 0 Å². The third-order valence-electron chi connectivity index (χ3n) is 4.57. The molecular weight excluding hydrogens is 346 g/mol. The average molecular weight is 367 g/mol. The van der Waals surface area contributed by atoms with Crippen LogP contribution in [0.5, 0.6) is 0 Å². The van der Waals surface area contributed by atoms with Gasteiger partial charge < -0.3 is 9.47 Å². The number of Topliss-reactive ketones (excluding diaryl/α,β-unsaturated/α-hetero) is 1. The van der Waals surface area contributed by atoms with Gasteiger partial charge in [0.15, 0.2) is 12.4 Å². The topological polar surface area (TPSA) is 90.0 Å². The van der Waals surface area contributed by atoms with E-state index in [0.717, 1.165) is 19.3 Å². The van der Waals surface area contributed by atoms with Crippen molar-refractivity contribution in [1.29, 1.82) is 0 Å². The third-order valence-corrected chi connectivity index (χ3v) is 6.48. The number of benzene rings is 1. The average Bonchev–Trinajstić information content (AvgIpc) is 2.59. The summed E-state index contributed by atoms with van der Waals surface area (Å²) in [5, 5.41) is 0. The molecular formula is C17H21NO6S. The first-order chi connectivity index (χ1) is 12.0. The van der Waals surface area contributed by atoms with Crippen LogP contribution in [0, 0.1) is 5.92 Å². The van der Waals surface area contributed by atoms with Crippen molar-refractivity contribution in [3.05, 3.63) is 29.8 Å². The Kier molecular flexibility index (Phi) is 5.51. The predicted octanol–water partition coefficient (Wildman–Crippen LogP) is 1.23. The van der Waals surface area contributed by atoms with E-state index in [4.69, 9.17) is 9.47 Å². The summed E-state index contributed by atoms with van der Waals surface area (Å²) in [5.74, 6) is -0.747. The summed E-state index contributed by atoms with van der Waals surface area (Å²) in [6.45, 7) is 1.08. The Labute approximate surface area is 147 Å². The smallest absolute Gasteiger partial charge is 0.309 e. The summed E-state index contributed by atoms with van der Waals surface area (Å²) in [6, 6.07) is 5.72. The molecule has 0 atom stereocenters. The monoisotopic (exact) mass is 367 g/mol. The van der Waals surface area contributed by atoms with E-state index in [1.807, 2.05) is 0 Å². The molecule has 1 heterocycles. The van der Waals surface area contributed by atoms with Gasteiger partial charge in [-0.1, -0.05) is 6.42 Å². The van der Waals surface area contributed by atoms with E-state index in [1.54, 1.807) is 0 Å². The number of nitrogens with zero attached hydrogens (tertiary/aromatic N) is 1. The van der Waals surface area contributed by atoms with Gasteiger partial charge in [-0.05, 0) is 37.1 Å². The fourth-order valence-electron chi connectivity index (χ4n) is 2.73. The standard InChI is InChI=1S/C17H21NO6S/c19-16(12-24-17(20)14-2-1-3-14)13-4-6-15(7-5-13)25(21,22)18-8-10-23-11-9-18/h4-7,14H,1-3,8-12H2. The fraction of sp³-hybridized carbons (Fsp3) is 0.529. The number of ketones is 1. The van der Waals surface area contributed by atoms with Gasteiger partial charge in [-0.25, -0.2) is 8.42 Å². The van der Waals surface area contributed by atoms with Crippen LogP contribution in [0.3, 0.4) is 0 Å². The van der Waals surface area contributed by atoms with E-state index in [-0.39, 0.29) is 29.2 Å². The van der Waals surface area contributed by atoms with Gasteiger partial charge in [-0.15, -0.1) is 0 Å². The van der Waals surface area contributed by atoms with Crippen LogP contribution in [0.1, 0.15) is 29.6 Å². The highest BCUT2D eigenvalue weighted by Crippen LogP contribution is 2.27. The molecule has 7 nitrogen and oxygen atoms in total. The summed E-state index contributed by atoms with van der Waals surface area (Å²) in [7, 11) is -3.58. The zero-order valence-electron chi connectivity index (χ0n) is 13.8. The number of rotatable bonds is 6. The first kappa shape index (κ1) is 18.0. The highest BCUT2D eigenvalue weighted by Gasteiger charge is 2.28. The number of esters is 1. The highest BCUT2D eigenvalue weighted by molar-refractivity contribution is 7.89. The van der Waals surface area contributed by atoms with Crippen molar-refractivity contribution in [3.8, 4) is 0 Å². The molecule has 1 aromatic rings. The van der Waals surface area contributed by atoms with Crippen molar-refractivity contribution in [2.75, 3.05) is 32.9 Å². The Balaban J connectivity index is 1.61. The van der Waals surface area contributed by atoms with Crippen LogP contribution in [0.4, 0.5) is 0 Å². The van der Waals surface area contributed by atoms with Crippen molar-refractivity contribution >= 4 is 21.8 Å². The Morgan fingerprint density at radius 2 is 1.76 bits per heavy atom. The van der Waals surface area contributed by atoms with Gasteiger partial charge in [-0.2, -0.15) is 4.31 Å². The lowest BCUT2D eigenvalue weighted by atomic mass is 9.86. The molecule has 25 heavy (non-hydrogen) atoms. The maximum atomic E-state index is 12.5. The molecule has 8 heteroatoms. The molecule has 136 valence electrons. The van der Waals surface area contributed by atoms with E-state index < -0.39 is 10.0 Å². The maximum absolute atomic E-state index is 12.5. The second-order valence-corrected chi connectivity index (χ2v) is 8.14. The molecule has 0 N–H and O–H groups in total. The van der Waals surface area contributed by atoms with Crippen LogP contribution in [0.25, 0.3) is 0 Å². The second kappa shape index (κ2) is 7.63. The normalized spacial score (nSPS) is 19.2. The second-order valence-electron chi connectivity index (χ2n) is 6.20. The van der Waals surface area contributed by atoms with Crippen molar-refractivity contribution < 1.29 is 27.5 Å². The summed E-state index contributed by atoms with van der Waals surface area (Å²) in [6.07, 6.45) is 2.66. The number of hydrogen-bond donors (Lipinski definition) is 0. The van der Waals surface area contributed by atoms with Crippen molar-refractivity contribution in [1.82, 2.24) is 4.31 Å². The van der Waals surface area contributed by atoms with Crippen LogP contribution >= 0.6 is 0 Å². The molecule has 1 aliphatic heterocycles. The number of carbonyl (C=O) groups excluding carboxylic acids is 2. The lowest BCUT2D eigenvalue weighted by Crippen LogP contribution is -2.40. The minimum absolute atomic E-state index is 0.0751. The van der Waals surface area contributed by atoms with E-state index in [0.29, 0.717) is 31.9 Å². The Bertz CT molecular complexity index is 733. The van der Waals surface area contributed by atoms with Crippen molar-refractivity contribution in [3.63, 3.8) is 0 Å². The Morgan fingerprint density at radius 3 is 2.32 bits per heavy atom. The predicted molar refractivity (Wildman–Crippen MR) is 88.7 cm³/mol. The summed E-state index contributed by atoms with van der Waals surface area (Å²) in [5.41, 5.74) is 0.322. The van der Waals surface area contributed by atoms with E-state index >= 15 is 0 Å². The zero-order chi connectivity index (χ0) is 17.9. The molecule has 0 aromatic heterocycles. The largest absolute Gasteiger partial charge is 0.457 e. The molecule has 0 unspecified atom stereocenters. The Morgan fingerprint density at radius 1 is 1.12 bits per heavy atom. The molecule has 0 bridgehead atoms. The SMILES string of the molecule is O=C(COC(=O)C1CCC1)c1ccc(S(=O)(=O)N2CCOCC2)cc1. The summed E-state index contributed by atoms with van der Waals surface area (Å²) in [4.78, 5) is 23.9. The first-order valence-corrected chi connectivity index (χ1v) is 9.80. The lowest BCUT2D eigenvalue weighted by Gasteiger charge is -2.26. The molecule has 0 amide bonds. The van der Waals surface area contributed by atoms with Gasteiger partial charge in [0, 0.05) is 18.7 Å². The van der Waals surface area contributed by atoms with Gasteiger partial charge in [0.2, 0.25) is 10.0 Å². The first-order valence-electron chi connectivity index (χ1n) is 8.36. The van der Waals surface area contributed by atoms with E-state index in [1.165, 1.54) is 28.6 Å². The lowest BCUT2D eigenvalue weighted by molar-refractivity contribution is -0.150. The minimum atomic E-state index is -3.58. The van der Waals surface area contributed by atoms with Crippen molar-refractivity contribution in [2.24, 2.45) is 5.92 Å². The van der Waals surface area contributed by atoms with Crippen molar-refractivity contribution in [2.45, 2.75) is 24.2 Å². The zero-order valence-corrected chi connectivity index (χ0v) is 14.7. The number of ether oxygens (including phenoxy) is 2. The van der Waals surface area contributed by atoms with Crippen LogP contribution in [0.15, 0.2) is 29.2 Å². The number of sulfonamides is 1. The van der Waals surface area contributed by atoms with Gasteiger partial charge in [0.1, 0.15) is 0 Å². The number of morpholine rings is 1. The van der Waals surface area contributed by atoms with E-state index in [2.05, 4.69) is 0 Å². The minimum Gasteiger partial charge on any atom is -0.457 e. The molecule has 2 aliphatic rings. The quantitative estimate of drug-likeness (QED) is 0.555. The Hall–Kier alpha value is -1.77. The van der Waals surface area contributed by atoms with Crippen LogP contribution in [-0.4, -0.2) is 57.4 Å². The number of carbonyl (C=O) groups is 2. The molecule has 2 fully saturated rings. The fourth-order valence-corrected chi connectivity index (χ4v) is 4.14. The van der Waals surface area contributed by atoms with Crippen LogP contribution < -0.4 is 0 Å². The molecule has 1 saturated carbocycles. The molecule has 1 aromatic carbocycles. The molecule has 0 radical (unpaired) electrons. The maximum Gasteiger partial charge on any atom is 0.309 e.